The van der Waals surface area contributed by atoms with Crippen LogP contribution in [0.2, 0.25) is 42.3 Å². The molecule has 0 fully saturated rings. The molecule has 0 aliphatic heterocycles. The smallest absolute Gasteiger partial charge is 0.374 e. The van der Waals surface area contributed by atoms with Crippen LogP contribution in [0.3, 0.4) is 0 Å². The second-order valence-corrected chi connectivity index (χ2v) is 23.9. The Bertz CT molecular complexity index is 412. The van der Waals surface area contributed by atoms with Crippen LogP contribution in [-0.2, 0) is 13.3 Å². The number of rotatable bonds is 21. The first-order chi connectivity index (χ1) is 15.3. The Morgan fingerprint density at radius 2 is 1.03 bits per heavy atom. The van der Waals surface area contributed by atoms with Crippen LogP contribution in [0.4, 0.5) is 0 Å². The largest absolute Gasteiger partial charge is 0.500 e. The molecule has 0 aliphatic carbocycles. The molecule has 0 bridgehead atoms. The molecule has 1 atom stereocenters. The Morgan fingerprint density at radius 3 is 1.34 bits per heavy atom. The van der Waals surface area contributed by atoms with Crippen LogP contribution in [-0.4, -0.2) is 66.9 Å². The van der Waals surface area contributed by atoms with Gasteiger partial charge in [-0.3, -0.25) is 0 Å². The monoisotopic (exact) mass is 523 g/mol. The van der Waals surface area contributed by atoms with Gasteiger partial charge in [-0.25, -0.2) is 0 Å². The van der Waals surface area contributed by atoms with E-state index in [1.54, 1.807) is 0 Å². The zero-order valence-corrected chi connectivity index (χ0v) is 27.2. The van der Waals surface area contributed by atoms with Crippen LogP contribution >= 0.6 is 11.8 Å². The molecule has 0 spiro atoms. The third-order valence-corrected chi connectivity index (χ3v) is 25.4. The van der Waals surface area contributed by atoms with Crippen molar-refractivity contribution >= 4 is 37.0 Å². The van der Waals surface area contributed by atoms with Crippen molar-refractivity contribution in [3.05, 3.63) is 0 Å². The summed E-state index contributed by atoms with van der Waals surface area (Å²) in [4.78, 5) is 0. The maximum atomic E-state index is 6.05. The van der Waals surface area contributed by atoms with Gasteiger partial charge in [-0.15, -0.1) is 0 Å². The summed E-state index contributed by atoms with van der Waals surface area (Å²) in [5, 5.41) is 0.672. The second-order valence-electron chi connectivity index (χ2n) is 8.95. The van der Waals surface area contributed by atoms with E-state index in [1.807, 2.05) is 20.8 Å². The molecule has 4 nitrogen and oxygen atoms in total. The van der Waals surface area contributed by atoms with Gasteiger partial charge in [0, 0.05) is 31.1 Å². The molecule has 0 aromatic rings. The van der Waals surface area contributed by atoms with Gasteiger partial charge in [0.05, 0.1) is 0 Å². The highest BCUT2D eigenvalue weighted by Crippen LogP contribution is 2.37. The lowest BCUT2D eigenvalue weighted by Crippen LogP contribution is -2.67. The molecule has 194 valence electrons. The molecule has 1 unspecified atom stereocenters. The van der Waals surface area contributed by atoms with E-state index < -0.39 is 25.3 Å². The van der Waals surface area contributed by atoms with E-state index in [9.17, 15) is 0 Å². The average Bonchev–Trinajstić information content (AvgIpc) is 2.80. The molecule has 0 aromatic heterocycles. The van der Waals surface area contributed by atoms with Gasteiger partial charge >= 0.3 is 8.80 Å². The molecule has 0 saturated heterocycles. The van der Waals surface area contributed by atoms with Gasteiger partial charge in [0.15, 0.2) is 0 Å². The van der Waals surface area contributed by atoms with Crippen molar-refractivity contribution in [1.82, 2.24) is 4.23 Å². The van der Waals surface area contributed by atoms with E-state index in [0.29, 0.717) is 25.1 Å². The van der Waals surface area contributed by atoms with Crippen molar-refractivity contribution in [1.29, 1.82) is 0 Å². The lowest BCUT2D eigenvalue weighted by Gasteiger charge is -2.53. The van der Waals surface area contributed by atoms with E-state index in [2.05, 4.69) is 64.5 Å². The van der Waals surface area contributed by atoms with Crippen LogP contribution in [0.25, 0.3) is 0 Å². The molecule has 32 heavy (non-hydrogen) atoms. The molecule has 0 saturated carbocycles. The zero-order chi connectivity index (χ0) is 24.7. The summed E-state index contributed by atoms with van der Waals surface area (Å²) in [6, 6.07) is 9.33. The molecular weight excluding hydrogens is 467 g/mol. The lowest BCUT2D eigenvalue weighted by atomic mass is 10.5. The Hall–Kier alpha value is 0.841. The van der Waals surface area contributed by atoms with E-state index in [1.165, 1.54) is 42.8 Å². The van der Waals surface area contributed by atoms with Gasteiger partial charge in [-0.05, 0) is 75.8 Å². The minimum Gasteiger partial charge on any atom is -0.374 e. The lowest BCUT2D eigenvalue weighted by molar-refractivity contribution is 0.0712. The zero-order valence-electron chi connectivity index (χ0n) is 23.3. The van der Waals surface area contributed by atoms with Crippen LogP contribution < -0.4 is 0 Å². The predicted octanol–water partition coefficient (Wildman–Crippen LogP) is 7.86. The van der Waals surface area contributed by atoms with Crippen LogP contribution in [0.5, 0.6) is 0 Å². The van der Waals surface area contributed by atoms with Gasteiger partial charge in [0.2, 0.25) is 0 Å². The van der Waals surface area contributed by atoms with E-state index in [0.717, 1.165) is 18.2 Å². The fourth-order valence-corrected chi connectivity index (χ4v) is 23.0. The number of hydrogen-bond acceptors (Lipinski definition) is 5. The Balaban J connectivity index is 5.26. The van der Waals surface area contributed by atoms with Crippen molar-refractivity contribution in [3.8, 4) is 0 Å². The highest BCUT2D eigenvalue weighted by Gasteiger charge is 2.46. The summed E-state index contributed by atoms with van der Waals surface area (Å²) in [6.07, 6.45) is 1.11. The molecule has 0 rings (SSSR count). The third-order valence-electron chi connectivity index (χ3n) is 7.66. The molecule has 0 N–H and O–H groups in total. The van der Waals surface area contributed by atoms with Gasteiger partial charge in [0.25, 0.3) is 0 Å². The Labute approximate surface area is 209 Å². The fourth-order valence-electron chi connectivity index (χ4n) is 5.42. The highest BCUT2D eigenvalue weighted by molar-refractivity contribution is 7.99. The Morgan fingerprint density at radius 1 is 0.656 bits per heavy atom. The molecule has 0 aromatic carbocycles. The summed E-state index contributed by atoms with van der Waals surface area (Å²) in [5.41, 5.74) is 0. The average molecular weight is 524 g/mol. The van der Waals surface area contributed by atoms with Crippen LogP contribution in [0.15, 0.2) is 0 Å². The summed E-state index contributed by atoms with van der Waals surface area (Å²) >= 11 is 2.15. The molecular formula is C24H57NO3SSi3. The quantitative estimate of drug-likeness (QED) is 0.113. The van der Waals surface area contributed by atoms with Crippen molar-refractivity contribution in [2.45, 2.75) is 123 Å². The predicted molar refractivity (Wildman–Crippen MR) is 153 cm³/mol. The number of hydrogen-bond donors (Lipinski definition) is 0. The van der Waals surface area contributed by atoms with Crippen LogP contribution in [0.1, 0.15) is 75.7 Å². The molecule has 0 aliphatic rings. The Kier molecular flexibility index (Phi) is 17.8. The molecule has 8 heteroatoms. The second kappa shape index (κ2) is 17.3. The molecule has 0 amide bonds. The van der Waals surface area contributed by atoms with E-state index in [4.69, 9.17) is 13.3 Å². The minimum atomic E-state index is -2.50. The fraction of sp³-hybridized carbons (Fsp3) is 1.00. The first kappa shape index (κ1) is 32.8. The summed E-state index contributed by atoms with van der Waals surface area (Å²) < 4.78 is 21.4. The number of thioether (sulfide) groups is 1. The van der Waals surface area contributed by atoms with Crippen molar-refractivity contribution < 1.29 is 13.3 Å². The molecule has 0 heterocycles. The van der Waals surface area contributed by atoms with E-state index >= 15 is 0 Å². The maximum absolute atomic E-state index is 6.05. The summed E-state index contributed by atoms with van der Waals surface area (Å²) in [7, 11) is -5.28. The SMILES string of the molecule is CCO[Si](CCCSC(C)CN([Si](CC)(CC)CC)[Si](CC)(CC)CC)(OCC)OCC. The third kappa shape index (κ3) is 9.13. The van der Waals surface area contributed by atoms with E-state index in [-0.39, 0.29) is 0 Å². The highest BCUT2D eigenvalue weighted by atomic mass is 32.2. The standard InChI is InChI=1S/C24H57NO3SSi3/c1-11-26-32(27-12-2,28-13-3)22-20-21-29-24(10)23-25(30(14-4,15-5)16-6)31(17-7,18-8)19-9/h24H,11-23H2,1-10H3. The summed E-state index contributed by atoms with van der Waals surface area (Å²) in [5.74, 6) is 1.16. The van der Waals surface area contributed by atoms with Gasteiger partial charge < -0.3 is 17.5 Å². The van der Waals surface area contributed by atoms with Gasteiger partial charge in [0.1, 0.15) is 16.5 Å². The maximum Gasteiger partial charge on any atom is 0.500 e. The summed E-state index contributed by atoms with van der Waals surface area (Å²) in [6.45, 7) is 26.7. The van der Waals surface area contributed by atoms with Crippen molar-refractivity contribution in [2.24, 2.45) is 0 Å². The van der Waals surface area contributed by atoms with Gasteiger partial charge in [-0.2, -0.15) is 11.8 Å². The topological polar surface area (TPSA) is 30.9 Å². The number of nitrogens with zero attached hydrogens (tertiary/aromatic N) is 1. The van der Waals surface area contributed by atoms with Crippen molar-refractivity contribution in [2.75, 3.05) is 32.1 Å². The molecule has 0 radical (unpaired) electrons. The first-order valence-corrected chi connectivity index (χ1v) is 21.7. The minimum absolute atomic E-state index is 0.667. The van der Waals surface area contributed by atoms with Gasteiger partial charge in [-0.1, -0.05) is 48.5 Å². The normalized spacial score (nSPS) is 14.3. The van der Waals surface area contributed by atoms with Crippen molar-refractivity contribution in [3.63, 3.8) is 0 Å². The van der Waals surface area contributed by atoms with Crippen LogP contribution in [0, 0.1) is 0 Å². The first-order valence-electron chi connectivity index (χ1n) is 13.6.